The molecule has 1 unspecified atom stereocenters. The van der Waals surface area contributed by atoms with E-state index in [2.05, 4.69) is 25.6 Å². The van der Waals surface area contributed by atoms with Crippen LogP contribution in [0.2, 0.25) is 0 Å². The number of benzene rings is 1. The first kappa shape index (κ1) is 16.9. The molecule has 0 saturated carbocycles. The number of amides is 1. The number of nitrogens with one attached hydrogen (secondary N) is 3. The number of carbonyl (C=O) groups excluding carboxylic acids is 1. The number of guanidine groups is 1. The highest BCUT2D eigenvalue weighted by Crippen LogP contribution is 2.18. The molecule has 1 aliphatic rings. The Morgan fingerprint density at radius 3 is 2.52 bits per heavy atom. The Labute approximate surface area is 135 Å². The molecule has 0 bridgehead atoms. The summed E-state index contributed by atoms with van der Waals surface area (Å²) in [6.07, 6.45) is 1.46. The summed E-state index contributed by atoms with van der Waals surface area (Å²) < 4.78 is 24.7. The molecule has 1 heterocycles. The summed E-state index contributed by atoms with van der Waals surface area (Å²) in [7, 11) is -1.91. The fraction of sp³-hybridized carbons (Fsp3) is 0.357. The van der Waals surface area contributed by atoms with Gasteiger partial charge in [-0.05, 0) is 17.7 Å². The minimum absolute atomic E-state index is 0.0437. The molecule has 0 saturated heterocycles. The molecular weight excluding hydrogens is 318 g/mol. The molecule has 3 N–H and O–H groups in total. The highest BCUT2D eigenvalue weighted by Gasteiger charge is 2.21. The van der Waals surface area contributed by atoms with Crippen molar-refractivity contribution in [3.8, 4) is 0 Å². The summed E-state index contributed by atoms with van der Waals surface area (Å²) in [4.78, 5) is 15.1. The quantitative estimate of drug-likeness (QED) is 0.550. The summed E-state index contributed by atoms with van der Waals surface area (Å²) in [6, 6.07) is 7.28. The third-order valence-corrected chi connectivity index (χ3v) is 3.77. The minimum Gasteiger partial charge on any atom is -0.326 e. The van der Waals surface area contributed by atoms with Gasteiger partial charge in [-0.3, -0.25) is 14.5 Å². The predicted molar refractivity (Wildman–Crippen MR) is 89.9 cm³/mol. The second-order valence-corrected chi connectivity index (χ2v) is 7.03. The zero-order valence-corrected chi connectivity index (χ0v) is 13.9. The minimum atomic E-state index is -3.40. The van der Waals surface area contributed by atoms with Crippen LogP contribution in [-0.4, -0.2) is 39.3 Å². The molecule has 9 heteroatoms. The van der Waals surface area contributed by atoms with E-state index in [0.29, 0.717) is 12.1 Å². The topological polar surface area (TPSA) is 112 Å². The lowest BCUT2D eigenvalue weighted by Gasteiger charge is -2.19. The van der Waals surface area contributed by atoms with Gasteiger partial charge in [-0.25, -0.2) is 13.8 Å². The number of hydrogen-bond acceptors (Lipinski definition) is 5. The standard InChI is InChI=1S/C14H19N5O3S/c1-9-8-12(20)17-18-13(9)10-4-6-11(7-5-10)16-14(15-2)19-23(3,21)22/h4-7,9H,8H2,1-3H3,(H,17,20)(H2,15,16,19). The number of anilines is 1. The number of carbonyl (C=O) groups is 1. The molecule has 1 amide bonds. The van der Waals surface area contributed by atoms with Crippen LogP contribution in [0.1, 0.15) is 18.9 Å². The molecule has 23 heavy (non-hydrogen) atoms. The third kappa shape index (κ3) is 4.78. The third-order valence-electron chi connectivity index (χ3n) is 3.21. The van der Waals surface area contributed by atoms with Crippen molar-refractivity contribution in [2.75, 3.05) is 18.6 Å². The monoisotopic (exact) mass is 337 g/mol. The molecule has 2 rings (SSSR count). The molecule has 0 spiro atoms. The van der Waals surface area contributed by atoms with Crippen molar-refractivity contribution in [3.05, 3.63) is 29.8 Å². The van der Waals surface area contributed by atoms with Gasteiger partial charge >= 0.3 is 0 Å². The zero-order valence-electron chi connectivity index (χ0n) is 13.1. The molecule has 1 aromatic rings. The number of aliphatic imine (C=N–C) groups is 1. The van der Waals surface area contributed by atoms with E-state index in [1.165, 1.54) is 7.05 Å². The Kier molecular flexibility index (Phi) is 4.99. The van der Waals surface area contributed by atoms with Gasteiger partial charge in [0.2, 0.25) is 21.9 Å². The smallest absolute Gasteiger partial charge is 0.240 e. The van der Waals surface area contributed by atoms with Crippen LogP contribution in [0.15, 0.2) is 34.4 Å². The summed E-state index contributed by atoms with van der Waals surface area (Å²) in [5.74, 6) is 0.0910. The van der Waals surface area contributed by atoms with E-state index >= 15 is 0 Å². The fourth-order valence-electron chi connectivity index (χ4n) is 2.17. The first-order chi connectivity index (χ1) is 10.8. The van der Waals surface area contributed by atoms with Gasteiger partial charge in [-0.2, -0.15) is 5.10 Å². The van der Waals surface area contributed by atoms with E-state index in [9.17, 15) is 13.2 Å². The number of hydrazone groups is 1. The van der Waals surface area contributed by atoms with E-state index < -0.39 is 10.0 Å². The molecule has 0 aromatic heterocycles. The van der Waals surface area contributed by atoms with Crippen molar-refractivity contribution in [2.24, 2.45) is 16.0 Å². The van der Waals surface area contributed by atoms with Crippen LogP contribution in [0.5, 0.6) is 0 Å². The lowest BCUT2D eigenvalue weighted by Crippen LogP contribution is -2.35. The van der Waals surface area contributed by atoms with Gasteiger partial charge < -0.3 is 5.32 Å². The van der Waals surface area contributed by atoms with Crippen molar-refractivity contribution in [2.45, 2.75) is 13.3 Å². The molecule has 1 atom stereocenters. The number of sulfonamides is 1. The maximum atomic E-state index is 11.3. The van der Waals surface area contributed by atoms with Crippen LogP contribution in [0.4, 0.5) is 5.69 Å². The Hall–Kier alpha value is -2.42. The van der Waals surface area contributed by atoms with Gasteiger partial charge in [0, 0.05) is 25.1 Å². The number of nitrogens with zero attached hydrogens (tertiary/aromatic N) is 2. The van der Waals surface area contributed by atoms with E-state index in [4.69, 9.17) is 0 Å². The molecule has 0 aliphatic carbocycles. The summed E-state index contributed by atoms with van der Waals surface area (Å²) in [5.41, 5.74) is 4.87. The maximum Gasteiger partial charge on any atom is 0.240 e. The molecule has 1 aromatic carbocycles. The van der Waals surface area contributed by atoms with Gasteiger partial charge in [0.05, 0.1) is 12.0 Å². The van der Waals surface area contributed by atoms with Gasteiger partial charge in [0.15, 0.2) is 0 Å². The summed E-state index contributed by atoms with van der Waals surface area (Å²) in [6.45, 7) is 1.95. The lowest BCUT2D eigenvalue weighted by atomic mass is 9.94. The lowest BCUT2D eigenvalue weighted by molar-refractivity contribution is -0.121. The molecule has 1 aliphatic heterocycles. The predicted octanol–water partition coefficient (Wildman–Crippen LogP) is 0.494. The van der Waals surface area contributed by atoms with E-state index in [1.807, 2.05) is 19.1 Å². The van der Waals surface area contributed by atoms with Crippen molar-refractivity contribution < 1.29 is 13.2 Å². The first-order valence-electron chi connectivity index (χ1n) is 6.97. The second kappa shape index (κ2) is 6.78. The second-order valence-electron chi connectivity index (χ2n) is 5.29. The van der Waals surface area contributed by atoms with Gasteiger partial charge in [0.25, 0.3) is 0 Å². The van der Waals surface area contributed by atoms with Gasteiger partial charge in [-0.15, -0.1) is 0 Å². The first-order valence-corrected chi connectivity index (χ1v) is 8.86. The highest BCUT2D eigenvalue weighted by atomic mass is 32.2. The Bertz CT molecular complexity index is 753. The maximum absolute atomic E-state index is 11.3. The number of rotatable bonds is 3. The van der Waals surface area contributed by atoms with Crippen molar-refractivity contribution in [1.82, 2.24) is 10.1 Å². The normalized spacial score (nSPS) is 18.9. The highest BCUT2D eigenvalue weighted by molar-refractivity contribution is 7.89. The molecule has 0 fully saturated rings. The van der Waals surface area contributed by atoms with Crippen LogP contribution in [0.3, 0.4) is 0 Å². The number of hydrogen-bond donors (Lipinski definition) is 3. The van der Waals surface area contributed by atoms with E-state index in [0.717, 1.165) is 17.5 Å². The largest absolute Gasteiger partial charge is 0.326 e. The van der Waals surface area contributed by atoms with Crippen LogP contribution < -0.4 is 15.5 Å². The average Bonchev–Trinajstić information content (AvgIpc) is 2.46. The van der Waals surface area contributed by atoms with Crippen molar-refractivity contribution in [3.63, 3.8) is 0 Å². The summed E-state index contributed by atoms with van der Waals surface area (Å²) >= 11 is 0. The van der Waals surface area contributed by atoms with E-state index in [1.54, 1.807) is 12.1 Å². The Morgan fingerprint density at radius 2 is 2.00 bits per heavy atom. The SMILES string of the molecule is CN=C(Nc1ccc(C2=NNC(=O)CC2C)cc1)NS(C)(=O)=O. The Morgan fingerprint density at radius 1 is 1.35 bits per heavy atom. The van der Waals surface area contributed by atoms with Crippen molar-refractivity contribution in [1.29, 1.82) is 0 Å². The van der Waals surface area contributed by atoms with Crippen LogP contribution in [0, 0.1) is 5.92 Å². The molecule has 124 valence electrons. The summed E-state index contributed by atoms with van der Waals surface area (Å²) in [5, 5.41) is 6.98. The van der Waals surface area contributed by atoms with Crippen LogP contribution in [0.25, 0.3) is 0 Å². The van der Waals surface area contributed by atoms with E-state index in [-0.39, 0.29) is 17.8 Å². The molecule has 0 radical (unpaired) electrons. The van der Waals surface area contributed by atoms with Crippen molar-refractivity contribution >= 4 is 33.3 Å². The van der Waals surface area contributed by atoms with Gasteiger partial charge in [0.1, 0.15) is 0 Å². The van der Waals surface area contributed by atoms with Crippen LogP contribution >= 0.6 is 0 Å². The molecule has 8 nitrogen and oxygen atoms in total. The Balaban J connectivity index is 2.12. The average molecular weight is 337 g/mol. The molecular formula is C14H19N5O3S. The fourth-order valence-corrected chi connectivity index (χ4v) is 2.66. The van der Waals surface area contributed by atoms with Crippen LogP contribution in [-0.2, 0) is 14.8 Å². The van der Waals surface area contributed by atoms with Gasteiger partial charge in [-0.1, -0.05) is 19.1 Å². The zero-order chi connectivity index (χ0) is 17.0.